The molecular weight excluding hydrogens is 343 g/mol. The number of aromatic nitrogens is 2. The molecule has 2 heterocycles. The molecule has 0 saturated carbocycles. The van der Waals surface area contributed by atoms with Gasteiger partial charge in [-0.05, 0) is 30.5 Å². The molecule has 5 nitrogen and oxygen atoms in total. The lowest BCUT2D eigenvalue weighted by Gasteiger charge is -2.35. The van der Waals surface area contributed by atoms with Gasteiger partial charge in [0.05, 0.1) is 5.69 Å². The van der Waals surface area contributed by atoms with Crippen LogP contribution in [0, 0.1) is 18.7 Å². The number of halogens is 1. The monoisotopic (exact) mass is 372 g/mol. The third-order valence-corrected chi connectivity index (χ3v) is 5.35. The summed E-state index contributed by atoms with van der Waals surface area (Å²) >= 11 is 0. The molecule has 1 fully saturated rings. The molecule has 146 valence electrons. The molecule has 0 radical (unpaired) electrons. The highest BCUT2D eigenvalue weighted by Gasteiger charge is 2.32. The van der Waals surface area contributed by atoms with Crippen LogP contribution in [0.25, 0.3) is 0 Å². The number of aryl methyl sites for hydroxylation is 2. The predicted molar refractivity (Wildman–Crippen MR) is 103 cm³/mol. The van der Waals surface area contributed by atoms with Crippen molar-refractivity contribution >= 4 is 5.91 Å². The highest BCUT2D eigenvalue weighted by molar-refractivity contribution is 5.77. The Hall–Kier alpha value is -2.21. The summed E-state index contributed by atoms with van der Waals surface area (Å²) in [4.78, 5) is 17.2. The fourth-order valence-electron chi connectivity index (χ4n) is 3.79. The fraction of sp³-hybridized carbons (Fsp3) is 0.524. The smallest absolute Gasteiger partial charge is 0.224 e. The Bertz CT molecular complexity index is 784. The Morgan fingerprint density at radius 1 is 1.22 bits per heavy atom. The molecule has 0 spiro atoms. The largest absolute Gasteiger partial charge is 0.334 e. The van der Waals surface area contributed by atoms with E-state index in [0.29, 0.717) is 18.9 Å². The highest BCUT2D eigenvalue weighted by atomic mass is 19.1. The molecule has 1 amide bonds. The van der Waals surface area contributed by atoms with Gasteiger partial charge in [0.1, 0.15) is 5.82 Å². The van der Waals surface area contributed by atoms with Crippen molar-refractivity contribution in [1.29, 1.82) is 0 Å². The van der Waals surface area contributed by atoms with Crippen molar-refractivity contribution in [3.63, 3.8) is 0 Å². The molecule has 1 atom stereocenters. The van der Waals surface area contributed by atoms with E-state index in [0.717, 1.165) is 30.9 Å². The number of carbonyl (C=O) groups excluding carboxylic acids is 1. The molecule has 0 bridgehead atoms. The van der Waals surface area contributed by atoms with Crippen LogP contribution in [0.3, 0.4) is 0 Å². The molecule has 1 aromatic carbocycles. The van der Waals surface area contributed by atoms with Crippen LogP contribution in [0.2, 0.25) is 0 Å². The summed E-state index contributed by atoms with van der Waals surface area (Å²) in [6.45, 7) is 9.26. The van der Waals surface area contributed by atoms with Gasteiger partial charge in [-0.15, -0.1) is 0 Å². The van der Waals surface area contributed by atoms with Crippen molar-refractivity contribution < 1.29 is 9.18 Å². The van der Waals surface area contributed by atoms with Crippen LogP contribution in [-0.2, 0) is 24.9 Å². The Labute approximate surface area is 160 Å². The Morgan fingerprint density at radius 2 is 1.93 bits per heavy atom. The number of carbonyl (C=O) groups is 1. The summed E-state index contributed by atoms with van der Waals surface area (Å²) < 4.78 is 15.1. The number of benzene rings is 1. The molecule has 6 heteroatoms. The van der Waals surface area contributed by atoms with Gasteiger partial charge in [0.25, 0.3) is 0 Å². The first kappa shape index (κ1) is 19.5. The van der Waals surface area contributed by atoms with Gasteiger partial charge in [-0.25, -0.2) is 4.39 Å². The second kappa shape index (κ2) is 8.21. The zero-order chi connectivity index (χ0) is 19.6. The average Bonchev–Trinajstić information content (AvgIpc) is 2.84. The number of rotatable bonds is 5. The molecule has 27 heavy (non-hydrogen) atoms. The van der Waals surface area contributed by atoms with Crippen LogP contribution < -0.4 is 0 Å². The van der Waals surface area contributed by atoms with E-state index in [-0.39, 0.29) is 17.8 Å². The third-order valence-electron chi connectivity index (χ3n) is 5.35. The van der Waals surface area contributed by atoms with Crippen molar-refractivity contribution in [3.05, 3.63) is 53.1 Å². The minimum Gasteiger partial charge on any atom is -0.334 e. The first-order chi connectivity index (χ1) is 12.8. The number of hydrogen-bond acceptors (Lipinski definition) is 3. The number of hydrogen-bond donors (Lipinski definition) is 0. The summed E-state index contributed by atoms with van der Waals surface area (Å²) in [5.41, 5.74) is 3.21. The molecule has 1 aliphatic rings. The first-order valence-corrected chi connectivity index (χ1v) is 9.59. The zero-order valence-corrected chi connectivity index (χ0v) is 16.7. The lowest BCUT2D eigenvalue weighted by Crippen LogP contribution is -2.45. The van der Waals surface area contributed by atoms with Crippen molar-refractivity contribution in [2.45, 2.75) is 46.3 Å². The van der Waals surface area contributed by atoms with Crippen molar-refractivity contribution in [2.24, 2.45) is 13.0 Å². The lowest BCUT2D eigenvalue weighted by molar-refractivity contribution is -0.134. The maximum absolute atomic E-state index is 13.2. The van der Waals surface area contributed by atoms with E-state index >= 15 is 0 Å². The van der Waals surface area contributed by atoms with Gasteiger partial charge in [0.2, 0.25) is 5.91 Å². The molecule has 3 rings (SSSR count). The molecule has 0 unspecified atom stereocenters. The van der Waals surface area contributed by atoms with E-state index in [1.54, 1.807) is 12.1 Å². The van der Waals surface area contributed by atoms with E-state index in [4.69, 9.17) is 0 Å². The summed E-state index contributed by atoms with van der Waals surface area (Å²) in [6, 6.07) is 6.57. The summed E-state index contributed by atoms with van der Waals surface area (Å²) in [7, 11) is 1.93. The Morgan fingerprint density at radius 3 is 2.52 bits per heavy atom. The van der Waals surface area contributed by atoms with Gasteiger partial charge in [0, 0.05) is 57.4 Å². The molecular formula is C21H29FN4O. The fourth-order valence-corrected chi connectivity index (χ4v) is 3.79. The normalized spacial score (nSPS) is 19.0. The summed E-state index contributed by atoms with van der Waals surface area (Å²) in [5, 5.41) is 4.43. The summed E-state index contributed by atoms with van der Waals surface area (Å²) in [5.74, 6) is 0.257. The van der Waals surface area contributed by atoms with Gasteiger partial charge in [0.15, 0.2) is 0 Å². The Balaban J connectivity index is 1.77. The van der Waals surface area contributed by atoms with E-state index < -0.39 is 0 Å². The highest BCUT2D eigenvalue weighted by Crippen LogP contribution is 2.22. The third kappa shape index (κ3) is 4.75. The second-order valence-electron chi connectivity index (χ2n) is 7.86. The SMILES string of the molecule is Cc1nn(C)cc1CN1CCC(=O)N(Cc2ccc(F)cc2)[C@H](C(C)C)C1. The predicted octanol–water partition coefficient (Wildman–Crippen LogP) is 3.13. The van der Waals surface area contributed by atoms with Gasteiger partial charge in [-0.3, -0.25) is 14.4 Å². The van der Waals surface area contributed by atoms with Crippen molar-refractivity contribution in [3.8, 4) is 0 Å². The molecule has 1 saturated heterocycles. The maximum atomic E-state index is 13.2. The van der Waals surface area contributed by atoms with E-state index in [1.807, 2.05) is 23.6 Å². The zero-order valence-electron chi connectivity index (χ0n) is 16.7. The lowest BCUT2D eigenvalue weighted by atomic mass is 10.0. The molecule has 2 aromatic rings. The minimum absolute atomic E-state index is 0.127. The van der Waals surface area contributed by atoms with Crippen LogP contribution >= 0.6 is 0 Å². The quantitative estimate of drug-likeness (QED) is 0.810. The molecule has 1 aliphatic heterocycles. The van der Waals surface area contributed by atoms with E-state index in [1.165, 1.54) is 17.7 Å². The number of nitrogens with zero attached hydrogens (tertiary/aromatic N) is 4. The van der Waals surface area contributed by atoms with Crippen LogP contribution in [0.1, 0.15) is 37.1 Å². The van der Waals surface area contributed by atoms with Gasteiger partial charge >= 0.3 is 0 Å². The standard InChI is InChI=1S/C21H29FN4O/c1-15(2)20-14-25(13-18-12-24(4)23-16(18)3)10-9-21(27)26(20)11-17-5-7-19(22)8-6-17/h5-8,12,15,20H,9-11,13-14H2,1-4H3/t20-/m0/s1. The van der Waals surface area contributed by atoms with Crippen LogP contribution in [0.5, 0.6) is 0 Å². The van der Waals surface area contributed by atoms with Crippen LogP contribution in [-0.4, -0.2) is 44.6 Å². The van der Waals surface area contributed by atoms with Crippen LogP contribution in [0.4, 0.5) is 4.39 Å². The molecule has 0 aliphatic carbocycles. The molecule has 0 N–H and O–H groups in total. The molecule has 1 aromatic heterocycles. The van der Waals surface area contributed by atoms with Crippen molar-refractivity contribution in [2.75, 3.05) is 13.1 Å². The van der Waals surface area contributed by atoms with Crippen LogP contribution in [0.15, 0.2) is 30.5 Å². The van der Waals surface area contributed by atoms with Crippen molar-refractivity contribution in [1.82, 2.24) is 19.6 Å². The van der Waals surface area contributed by atoms with Gasteiger partial charge in [-0.2, -0.15) is 5.10 Å². The van der Waals surface area contributed by atoms with E-state index in [9.17, 15) is 9.18 Å². The van der Waals surface area contributed by atoms with Gasteiger partial charge < -0.3 is 4.90 Å². The average molecular weight is 372 g/mol. The topological polar surface area (TPSA) is 41.4 Å². The Kier molecular flexibility index (Phi) is 5.95. The summed E-state index contributed by atoms with van der Waals surface area (Å²) in [6.07, 6.45) is 2.56. The second-order valence-corrected chi connectivity index (χ2v) is 7.86. The van der Waals surface area contributed by atoms with Gasteiger partial charge in [-0.1, -0.05) is 26.0 Å². The maximum Gasteiger partial charge on any atom is 0.224 e. The minimum atomic E-state index is -0.251. The first-order valence-electron chi connectivity index (χ1n) is 9.59. The number of amides is 1. The van der Waals surface area contributed by atoms with E-state index in [2.05, 4.69) is 30.0 Å².